The number of benzene rings is 1. The normalized spacial score (nSPS) is 14.5. The zero-order valence-corrected chi connectivity index (χ0v) is 19.4. The molecule has 36 heavy (non-hydrogen) atoms. The standard InChI is InChI=1S/C23H18ClF4N7O/c1-10-4-15(29)34-19(17(10)23(26,27)28)13-6-14-16-20(18(13)24)32-9-33-22(16)35(2-3-36-14)8-11-5-12(25)7-31-21(11)30/h2-7,32H,8-9H2,1H3,(H2,29,34)(H2,30,31). The van der Waals surface area contributed by atoms with E-state index in [9.17, 15) is 17.6 Å². The van der Waals surface area contributed by atoms with Crippen LogP contribution in [-0.2, 0) is 12.7 Å². The Labute approximate surface area is 207 Å². The van der Waals surface area contributed by atoms with Gasteiger partial charge in [-0.05, 0) is 30.7 Å². The third-order valence-corrected chi connectivity index (χ3v) is 6.12. The van der Waals surface area contributed by atoms with E-state index in [0.717, 1.165) is 12.3 Å². The van der Waals surface area contributed by atoms with Crippen molar-refractivity contribution in [2.24, 2.45) is 4.99 Å². The van der Waals surface area contributed by atoms with E-state index in [2.05, 4.69) is 20.3 Å². The lowest BCUT2D eigenvalue weighted by atomic mass is 9.97. The highest BCUT2D eigenvalue weighted by atomic mass is 35.5. The van der Waals surface area contributed by atoms with Gasteiger partial charge in [0, 0.05) is 17.3 Å². The molecule has 8 nitrogen and oxygen atoms in total. The van der Waals surface area contributed by atoms with Crippen LogP contribution in [0.1, 0.15) is 22.3 Å². The number of hydrogen-bond acceptors (Lipinski definition) is 8. The van der Waals surface area contributed by atoms with Crippen molar-refractivity contribution in [1.29, 1.82) is 0 Å². The van der Waals surface area contributed by atoms with Crippen molar-refractivity contribution < 1.29 is 22.3 Å². The number of nitrogens with one attached hydrogen (secondary N) is 1. The van der Waals surface area contributed by atoms with Gasteiger partial charge < -0.3 is 26.4 Å². The Hall–Kier alpha value is -4.06. The van der Waals surface area contributed by atoms with Crippen LogP contribution in [0, 0.1) is 12.7 Å². The second-order valence-electron chi connectivity index (χ2n) is 8.12. The maximum atomic E-state index is 14.0. The number of aliphatic imine (C=N–C) groups is 1. The SMILES string of the molecule is Cc1cc(N)nc(-c2cc3c4c(c2Cl)NCN=C4N(Cc2cc(F)cnc2N)C=CO3)c1C(F)(F)F. The van der Waals surface area contributed by atoms with Gasteiger partial charge in [-0.3, -0.25) is 0 Å². The van der Waals surface area contributed by atoms with E-state index >= 15 is 0 Å². The molecule has 5 rings (SSSR count). The molecule has 2 aliphatic rings. The molecule has 0 radical (unpaired) electrons. The molecule has 186 valence electrons. The molecule has 4 heterocycles. The first-order chi connectivity index (χ1) is 17.0. The van der Waals surface area contributed by atoms with Crippen LogP contribution >= 0.6 is 11.6 Å². The minimum Gasteiger partial charge on any atom is -0.463 e. The van der Waals surface area contributed by atoms with E-state index < -0.39 is 23.3 Å². The van der Waals surface area contributed by atoms with Crippen LogP contribution in [0.2, 0.25) is 5.02 Å². The van der Waals surface area contributed by atoms with E-state index in [0.29, 0.717) is 22.6 Å². The minimum absolute atomic E-state index is 0.0117. The van der Waals surface area contributed by atoms with Crippen LogP contribution in [0.3, 0.4) is 0 Å². The summed E-state index contributed by atoms with van der Waals surface area (Å²) in [7, 11) is 0. The molecule has 0 spiro atoms. The minimum atomic E-state index is -4.70. The maximum absolute atomic E-state index is 14.0. The van der Waals surface area contributed by atoms with Crippen molar-refractivity contribution in [3.63, 3.8) is 0 Å². The topological polar surface area (TPSA) is 115 Å². The predicted molar refractivity (Wildman–Crippen MR) is 128 cm³/mol. The number of pyridine rings is 2. The van der Waals surface area contributed by atoms with Crippen molar-refractivity contribution in [2.45, 2.75) is 19.6 Å². The fourth-order valence-corrected chi connectivity index (χ4v) is 4.53. The first kappa shape index (κ1) is 23.7. The fourth-order valence-electron chi connectivity index (χ4n) is 4.22. The number of alkyl halides is 3. The van der Waals surface area contributed by atoms with Crippen LogP contribution < -0.4 is 21.5 Å². The van der Waals surface area contributed by atoms with Crippen molar-refractivity contribution in [3.8, 4) is 17.0 Å². The van der Waals surface area contributed by atoms with Crippen molar-refractivity contribution in [3.05, 3.63) is 70.0 Å². The van der Waals surface area contributed by atoms with Crippen LogP contribution in [0.4, 0.5) is 34.9 Å². The molecule has 0 bridgehead atoms. The number of aryl methyl sites for hydroxylation is 1. The number of rotatable bonds is 3. The van der Waals surface area contributed by atoms with Gasteiger partial charge in [0.1, 0.15) is 42.0 Å². The zero-order valence-electron chi connectivity index (χ0n) is 18.6. The highest BCUT2D eigenvalue weighted by molar-refractivity contribution is 6.37. The van der Waals surface area contributed by atoms with Gasteiger partial charge in [0.05, 0.1) is 40.3 Å². The molecule has 0 atom stereocenters. The Bertz CT molecular complexity index is 1460. The van der Waals surface area contributed by atoms with Crippen LogP contribution in [-0.4, -0.2) is 27.4 Å². The molecular weight excluding hydrogens is 502 g/mol. The van der Waals surface area contributed by atoms with Gasteiger partial charge >= 0.3 is 6.18 Å². The summed E-state index contributed by atoms with van der Waals surface area (Å²) in [5, 5.41) is 3.00. The number of amidine groups is 1. The van der Waals surface area contributed by atoms with Gasteiger partial charge in [0.15, 0.2) is 0 Å². The van der Waals surface area contributed by atoms with Crippen LogP contribution in [0.5, 0.6) is 5.75 Å². The summed E-state index contributed by atoms with van der Waals surface area (Å²) in [5.74, 6) is 0.0900. The van der Waals surface area contributed by atoms with E-state index in [-0.39, 0.29) is 46.7 Å². The monoisotopic (exact) mass is 519 g/mol. The lowest BCUT2D eigenvalue weighted by Gasteiger charge is -2.28. The number of halogens is 5. The molecule has 2 aliphatic heterocycles. The zero-order chi connectivity index (χ0) is 25.8. The molecule has 2 aromatic heterocycles. The summed E-state index contributed by atoms with van der Waals surface area (Å²) >= 11 is 6.67. The summed E-state index contributed by atoms with van der Waals surface area (Å²) in [6.45, 7) is 1.47. The summed E-state index contributed by atoms with van der Waals surface area (Å²) in [6.07, 6.45) is -0.808. The molecule has 13 heteroatoms. The molecule has 0 amide bonds. The third-order valence-electron chi connectivity index (χ3n) is 5.73. The smallest absolute Gasteiger partial charge is 0.418 e. The van der Waals surface area contributed by atoms with Gasteiger partial charge in [-0.15, -0.1) is 0 Å². The average molecular weight is 520 g/mol. The van der Waals surface area contributed by atoms with E-state index in [1.54, 1.807) is 11.1 Å². The number of nitrogen functional groups attached to an aromatic ring is 2. The first-order valence-corrected chi connectivity index (χ1v) is 10.9. The summed E-state index contributed by atoms with van der Waals surface area (Å²) < 4.78 is 61.5. The predicted octanol–water partition coefficient (Wildman–Crippen LogP) is 4.92. The van der Waals surface area contributed by atoms with Crippen molar-refractivity contribution in [2.75, 3.05) is 23.5 Å². The lowest BCUT2D eigenvalue weighted by Crippen LogP contribution is -2.30. The first-order valence-electron chi connectivity index (χ1n) is 10.5. The van der Waals surface area contributed by atoms with Gasteiger partial charge in [0.2, 0.25) is 0 Å². The number of anilines is 3. The fraction of sp³-hybridized carbons (Fsp3) is 0.174. The van der Waals surface area contributed by atoms with Crippen LogP contribution in [0.25, 0.3) is 11.3 Å². The second-order valence-corrected chi connectivity index (χ2v) is 8.50. The molecule has 0 aliphatic carbocycles. The average Bonchev–Trinajstić information content (AvgIpc) is 2.97. The molecule has 0 saturated heterocycles. The number of hydrogen-bond donors (Lipinski definition) is 3. The quantitative estimate of drug-likeness (QED) is 0.421. The number of aromatic nitrogens is 2. The Balaban J connectivity index is 1.66. The lowest BCUT2D eigenvalue weighted by molar-refractivity contribution is -0.137. The van der Waals surface area contributed by atoms with Gasteiger partial charge in [-0.25, -0.2) is 19.4 Å². The number of ether oxygens (including phenoxy) is 1. The number of nitrogens with two attached hydrogens (primary N) is 2. The largest absolute Gasteiger partial charge is 0.463 e. The van der Waals surface area contributed by atoms with Crippen LogP contribution in [0.15, 0.2) is 41.9 Å². The second kappa shape index (κ2) is 8.55. The van der Waals surface area contributed by atoms with E-state index in [4.69, 9.17) is 27.8 Å². The maximum Gasteiger partial charge on any atom is 0.418 e. The highest BCUT2D eigenvalue weighted by Gasteiger charge is 2.38. The van der Waals surface area contributed by atoms with Gasteiger partial charge in [-0.2, -0.15) is 13.2 Å². The Morgan fingerprint density at radius 1 is 1.22 bits per heavy atom. The van der Waals surface area contributed by atoms with E-state index in [1.165, 1.54) is 25.3 Å². The molecule has 0 saturated carbocycles. The molecule has 5 N–H and O–H groups in total. The summed E-state index contributed by atoms with van der Waals surface area (Å²) in [5.41, 5.74) is 11.4. The Morgan fingerprint density at radius 3 is 2.75 bits per heavy atom. The summed E-state index contributed by atoms with van der Waals surface area (Å²) in [4.78, 5) is 14.0. The Morgan fingerprint density at radius 2 is 2.00 bits per heavy atom. The Kier molecular flexibility index (Phi) is 5.62. The number of nitrogens with zero attached hydrogens (tertiary/aromatic N) is 4. The van der Waals surface area contributed by atoms with Crippen molar-refractivity contribution >= 4 is 34.8 Å². The van der Waals surface area contributed by atoms with Crippen molar-refractivity contribution in [1.82, 2.24) is 14.9 Å². The molecule has 3 aromatic rings. The summed E-state index contributed by atoms with van der Waals surface area (Å²) in [6, 6.07) is 3.78. The molecular formula is C23H18ClF4N7O. The van der Waals surface area contributed by atoms with Gasteiger partial charge in [-0.1, -0.05) is 11.6 Å². The highest BCUT2D eigenvalue weighted by Crippen LogP contribution is 2.47. The molecule has 0 unspecified atom stereocenters. The molecule has 0 fully saturated rings. The third kappa shape index (κ3) is 4.02. The van der Waals surface area contributed by atoms with E-state index in [1.807, 2.05) is 0 Å². The molecule has 1 aromatic carbocycles. The van der Waals surface area contributed by atoms with Gasteiger partial charge in [0.25, 0.3) is 0 Å².